The number of halogens is 1. The fraction of sp³-hybridized carbons (Fsp3) is 0.200. The predicted molar refractivity (Wildman–Crippen MR) is 56.1 cm³/mol. The first-order chi connectivity index (χ1) is 7.54. The highest BCUT2D eigenvalue weighted by Crippen LogP contribution is 2.14. The maximum atomic E-state index is 13.2. The number of aromatic carboxylic acids is 1. The number of hydrogen-bond donors (Lipinski definition) is 3. The third kappa shape index (κ3) is 2.94. The summed E-state index contributed by atoms with van der Waals surface area (Å²) >= 11 is 0. The van der Waals surface area contributed by atoms with Crippen molar-refractivity contribution in [2.24, 2.45) is 0 Å². The molecule has 86 valence electrons. The van der Waals surface area contributed by atoms with Crippen molar-refractivity contribution in [1.29, 1.82) is 0 Å². The number of carboxylic acids is 1. The molecule has 1 rings (SSSR count). The van der Waals surface area contributed by atoms with E-state index in [0.29, 0.717) is 6.54 Å². The van der Waals surface area contributed by atoms with Crippen LogP contribution in [-0.4, -0.2) is 23.7 Å². The van der Waals surface area contributed by atoms with Crippen molar-refractivity contribution in [1.82, 2.24) is 5.32 Å². The van der Waals surface area contributed by atoms with Crippen LogP contribution in [0.4, 0.5) is 14.9 Å². The smallest absolute Gasteiger partial charge is 0.338 e. The lowest BCUT2D eigenvalue weighted by Crippen LogP contribution is -2.28. The molecule has 5 nitrogen and oxygen atoms in total. The van der Waals surface area contributed by atoms with Crippen LogP contribution in [0.3, 0.4) is 0 Å². The molecule has 1 aromatic carbocycles. The highest BCUT2D eigenvalue weighted by atomic mass is 19.1. The minimum atomic E-state index is -1.35. The minimum absolute atomic E-state index is 0.202. The molecule has 0 radical (unpaired) electrons. The molecule has 0 heterocycles. The van der Waals surface area contributed by atoms with Gasteiger partial charge in [-0.3, -0.25) is 0 Å². The van der Waals surface area contributed by atoms with Gasteiger partial charge in [-0.05, 0) is 25.1 Å². The summed E-state index contributed by atoms with van der Waals surface area (Å²) in [5, 5.41) is 13.4. The molecule has 0 saturated heterocycles. The Balaban J connectivity index is 2.81. The van der Waals surface area contributed by atoms with E-state index in [9.17, 15) is 14.0 Å². The van der Waals surface area contributed by atoms with Crippen LogP contribution >= 0.6 is 0 Å². The molecular weight excluding hydrogens is 215 g/mol. The van der Waals surface area contributed by atoms with Gasteiger partial charge < -0.3 is 15.7 Å². The maximum Gasteiger partial charge on any atom is 0.338 e. The standard InChI is InChI=1S/C10H11FN2O3/c1-2-12-10(16)13-6-3-4-7(9(14)15)8(11)5-6/h3-5H,2H2,1H3,(H,14,15)(H2,12,13,16). The van der Waals surface area contributed by atoms with Gasteiger partial charge in [0.1, 0.15) is 5.82 Å². The Morgan fingerprint density at radius 3 is 2.62 bits per heavy atom. The molecule has 0 bridgehead atoms. The maximum absolute atomic E-state index is 13.2. The van der Waals surface area contributed by atoms with E-state index >= 15 is 0 Å². The average Bonchev–Trinajstić information content (AvgIpc) is 2.17. The first kappa shape index (κ1) is 12.0. The van der Waals surface area contributed by atoms with E-state index in [1.54, 1.807) is 6.92 Å². The first-order valence-corrected chi connectivity index (χ1v) is 4.62. The first-order valence-electron chi connectivity index (χ1n) is 4.62. The fourth-order valence-corrected chi connectivity index (χ4v) is 1.10. The molecular formula is C10H11FN2O3. The molecule has 6 heteroatoms. The Morgan fingerprint density at radius 1 is 1.44 bits per heavy atom. The van der Waals surface area contributed by atoms with Crippen molar-refractivity contribution in [3.8, 4) is 0 Å². The number of carbonyl (C=O) groups is 2. The molecule has 0 aliphatic rings. The number of urea groups is 1. The molecule has 0 atom stereocenters. The van der Waals surface area contributed by atoms with Crippen molar-refractivity contribution >= 4 is 17.7 Å². The number of amides is 2. The Hall–Kier alpha value is -2.11. The second-order valence-corrected chi connectivity index (χ2v) is 2.98. The van der Waals surface area contributed by atoms with E-state index in [1.165, 1.54) is 6.07 Å². The van der Waals surface area contributed by atoms with E-state index in [-0.39, 0.29) is 5.69 Å². The monoisotopic (exact) mass is 226 g/mol. The summed E-state index contributed by atoms with van der Waals surface area (Å²) in [5.74, 6) is -2.23. The van der Waals surface area contributed by atoms with Gasteiger partial charge in [0.2, 0.25) is 0 Å². The molecule has 0 aliphatic heterocycles. The highest BCUT2D eigenvalue weighted by Gasteiger charge is 2.11. The van der Waals surface area contributed by atoms with Crippen molar-refractivity contribution in [2.45, 2.75) is 6.92 Å². The lowest BCUT2D eigenvalue weighted by Gasteiger charge is -2.06. The molecule has 0 aromatic heterocycles. The Bertz CT molecular complexity index is 421. The SMILES string of the molecule is CCNC(=O)Nc1ccc(C(=O)O)c(F)c1. The molecule has 16 heavy (non-hydrogen) atoms. The summed E-state index contributed by atoms with van der Waals surface area (Å²) < 4.78 is 13.2. The lowest BCUT2D eigenvalue weighted by atomic mass is 10.2. The summed E-state index contributed by atoms with van der Waals surface area (Å²) in [6, 6.07) is 2.91. The van der Waals surface area contributed by atoms with Gasteiger partial charge in [-0.1, -0.05) is 0 Å². The number of hydrogen-bond acceptors (Lipinski definition) is 2. The molecule has 0 unspecified atom stereocenters. The molecule has 0 aliphatic carbocycles. The second kappa shape index (κ2) is 5.11. The predicted octanol–water partition coefficient (Wildman–Crippen LogP) is 1.67. The van der Waals surface area contributed by atoms with Crippen LogP contribution in [0.5, 0.6) is 0 Å². The molecule has 0 spiro atoms. The molecule has 0 saturated carbocycles. The number of nitrogens with one attached hydrogen (secondary N) is 2. The van der Waals surface area contributed by atoms with Crippen LogP contribution in [0.15, 0.2) is 18.2 Å². The largest absolute Gasteiger partial charge is 0.478 e. The second-order valence-electron chi connectivity index (χ2n) is 2.98. The number of anilines is 1. The van der Waals surface area contributed by atoms with Gasteiger partial charge in [0.05, 0.1) is 5.56 Å². The summed E-state index contributed by atoms with van der Waals surface area (Å²) in [5.41, 5.74) is -0.227. The Morgan fingerprint density at radius 2 is 2.12 bits per heavy atom. The molecule has 1 aromatic rings. The third-order valence-corrected chi connectivity index (χ3v) is 1.79. The zero-order valence-electron chi connectivity index (χ0n) is 8.58. The topological polar surface area (TPSA) is 78.4 Å². The van der Waals surface area contributed by atoms with Crippen LogP contribution in [-0.2, 0) is 0 Å². The highest BCUT2D eigenvalue weighted by molar-refractivity contribution is 5.91. The normalized spacial score (nSPS) is 9.62. The third-order valence-electron chi connectivity index (χ3n) is 1.79. The van der Waals surface area contributed by atoms with E-state index in [0.717, 1.165) is 12.1 Å². The van der Waals surface area contributed by atoms with Crippen molar-refractivity contribution < 1.29 is 19.1 Å². The van der Waals surface area contributed by atoms with E-state index in [4.69, 9.17) is 5.11 Å². The van der Waals surface area contributed by atoms with Gasteiger partial charge in [0.25, 0.3) is 0 Å². The molecule has 3 N–H and O–H groups in total. The van der Waals surface area contributed by atoms with E-state index in [1.807, 2.05) is 0 Å². The van der Waals surface area contributed by atoms with Gasteiger partial charge in [0.15, 0.2) is 0 Å². The quantitative estimate of drug-likeness (QED) is 0.733. The van der Waals surface area contributed by atoms with Crippen LogP contribution in [0.1, 0.15) is 17.3 Å². The average molecular weight is 226 g/mol. The van der Waals surface area contributed by atoms with Crippen LogP contribution in [0.25, 0.3) is 0 Å². The van der Waals surface area contributed by atoms with E-state index in [2.05, 4.69) is 10.6 Å². The van der Waals surface area contributed by atoms with Crippen molar-refractivity contribution in [3.63, 3.8) is 0 Å². The minimum Gasteiger partial charge on any atom is -0.478 e. The zero-order valence-corrected chi connectivity index (χ0v) is 8.58. The summed E-state index contributed by atoms with van der Waals surface area (Å²) in [4.78, 5) is 21.6. The van der Waals surface area contributed by atoms with Crippen LogP contribution in [0.2, 0.25) is 0 Å². The lowest BCUT2D eigenvalue weighted by molar-refractivity contribution is 0.0692. The van der Waals surface area contributed by atoms with Crippen molar-refractivity contribution in [2.75, 3.05) is 11.9 Å². The summed E-state index contributed by atoms with van der Waals surface area (Å²) in [6.07, 6.45) is 0. The van der Waals surface area contributed by atoms with Gasteiger partial charge in [0, 0.05) is 12.2 Å². The van der Waals surface area contributed by atoms with Crippen molar-refractivity contribution in [3.05, 3.63) is 29.6 Å². The number of rotatable bonds is 3. The molecule has 0 fully saturated rings. The Labute approximate surface area is 91.3 Å². The van der Waals surface area contributed by atoms with Crippen LogP contribution in [0, 0.1) is 5.82 Å². The van der Waals surface area contributed by atoms with Crippen LogP contribution < -0.4 is 10.6 Å². The van der Waals surface area contributed by atoms with Gasteiger partial charge >= 0.3 is 12.0 Å². The number of benzene rings is 1. The fourth-order valence-electron chi connectivity index (χ4n) is 1.10. The number of carbonyl (C=O) groups excluding carboxylic acids is 1. The zero-order chi connectivity index (χ0) is 12.1. The number of carboxylic acid groups (broad SMARTS) is 1. The molecule has 2 amide bonds. The van der Waals surface area contributed by atoms with Gasteiger partial charge in [-0.2, -0.15) is 0 Å². The van der Waals surface area contributed by atoms with Gasteiger partial charge in [-0.25, -0.2) is 14.0 Å². The van der Waals surface area contributed by atoms with Gasteiger partial charge in [-0.15, -0.1) is 0 Å². The summed E-state index contributed by atoms with van der Waals surface area (Å²) in [7, 11) is 0. The summed E-state index contributed by atoms with van der Waals surface area (Å²) in [6.45, 7) is 2.19. The van der Waals surface area contributed by atoms with E-state index < -0.39 is 23.4 Å². The Kier molecular flexibility index (Phi) is 3.82.